The number of piperidine rings is 1. The van der Waals surface area contributed by atoms with Crippen LogP contribution in [0.5, 0.6) is 0 Å². The number of nitrogens with one attached hydrogen (secondary N) is 1. The van der Waals surface area contributed by atoms with Crippen molar-refractivity contribution >= 4 is 35.3 Å². The molecule has 1 fully saturated rings. The van der Waals surface area contributed by atoms with Gasteiger partial charge in [0.25, 0.3) is 5.91 Å². The van der Waals surface area contributed by atoms with Crippen LogP contribution in [0.1, 0.15) is 31.7 Å². The first-order chi connectivity index (χ1) is 15.6. The zero-order chi connectivity index (χ0) is 22.3. The number of para-hydroxylation sites is 1. The van der Waals surface area contributed by atoms with Crippen molar-refractivity contribution in [1.29, 1.82) is 0 Å². The minimum atomic E-state index is -0.130. The molecule has 32 heavy (non-hydrogen) atoms. The molecule has 1 N–H and O–H groups in total. The van der Waals surface area contributed by atoms with Crippen molar-refractivity contribution in [3.05, 3.63) is 65.1 Å². The van der Waals surface area contributed by atoms with Gasteiger partial charge in [0.2, 0.25) is 5.91 Å². The van der Waals surface area contributed by atoms with Crippen molar-refractivity contribution in [3.8, 4) is 0 Å². The van der Waals surface area contributed by atoms with Gasteiger partial charge in [0.1, 0.15) is 6.54 Å². The lowest BCUT2D eigenvalue weighted by atomic mass is 10.0. The average molecular weight is 450 g/mol. The van der Waals surface area contributed by atoms with Crippen LogP contribution >= 0.6 is 11.8 Å². The van der Waals surface area contributed by atoms with E-state index in [2.05, 4.69) is 17.1 Å². The monoisotopic (exact) mass is 449 g/mol. The number of carbonyl (C=O) groups excluding carboxylic acids is 2. The van der Waals surface area contributed by atoms with Gasteiger partial charge in [0.15, 0.2) is 0 Å². The second-order valence-electron chi connectivity index (χ2n) is 8.63. The van der Waals surface area contributed by atoms with E-state index in [1.54, 1.807) is 4.90 Å². The molecule has 2 aromatic rings. The summed E-state index contributed by atoms with van der Waals surface area (Å²) >= 11 is 1.46. The van der Waals surface area contributed by atoms with E-state index in [4.69, 9.17) is 0 Å². The largest absolute Gasteiger partial charge is 0.355 e. The van der Waals surface area contributed by atoms with E-state index >= 15 is 0 Å². The van der Waals surface area contributed by atoms with E-state index in [0.717, 1.165) is 48.1 Å². The topological polar surface area (TPSA) is 52.7 Å². The highest BCUT2D eigenvalue weighted by Gasteiger charge is 2.30. The molecular weight excluding hydrogens is 418 g/mol. The third-order valence-corrected chi connectivity index (χ3v) is 7.02. The lowest BCUT2D eigenvalue weighted by Gasteiger charge is -2.31. The molecule has 1 atom stereocenters. The van der Waals surface area contributed by atoms with Crippen LogP contribution in [-0.4, -0.2) is 49.4 Å². The molecule has 0 aromatic heterocycles. The smallest absolute Gasteiger partial charge is 0.265 e. The van der Waals surface area contributed by atoms with Gasteiger partial charge in [-0.2, -0.15) is 0 Å². The van der Waals surface area contributed by atoms with E-state index < -0.39 is 0 Å². The third-order valence-electron chi connectivity index (χ3n) is 5.95. The Balaban J connectivity index is 1.37. The number of nitrogens with zero attached hydrogens (tertiary/aromatic N) is 2. The fraction of sp³-hybridized carbons (Fsp3) is 0.385. The van der Waals surface area contributed by atoms with Crippen LogP contribution in [0, 0.1) is 5.92 Å². The quantitative estimate of drug-likeness (QED) is 0.503. The van der Waals surface area contributed by atoms with Crippen LogP contribution in [0.2, 0.25) is 0 Å². The first-order valence-corrected chi connectivity index (χ1v) is 12.3. The summed E-state index contributed by atoms with van der Waals surface area (Å²) in [5.74, 6) is 0.515. The molecule has 2 aliphatic heterocycles. The fourth-order valence-electron chi connectivity index (χ4n) is 4.34. The average Bonchev–Trinajstić information content (AvgIpc) is 2.80. The number of thioether (sulfide) groups is 1. The summed E-state index contributed by atoms with van der Waals surface area (Å²) in [5.41, 5.74) is 1.77. The predicted octanol–water partition coefficient (Wildman–Crippen LogP) is 4.40. The summed E-state index contributed by atoms with van der Waals surface area (Å²) in [6.07, 6.45) is 5.41. The van der Waals surface area contributed by atoms with Gasteiger partial charge in [0, 0.05) is 18.0 Å². The second-order valence-corrected chi connectivity index (χ2v) is 9.72. The molecule has 0 bridgehead atoms. The maximum Gasteiger partial charge on any atom is 0.265 e. The highest BCUT2D eigenvalue weighted by molar-refractivity contribution is 8.04. The Morgan fingerprint density at radius 1 is 1.16 bits per heavy atom. The minimum Gasteiger partial charge on any atom is -0.355 e. The molecule has 4 rings (SSSR count). The van der Waals surface area contributed by atoms with E-state index in [1.807, 2.05) is 60.7 Å². The molecule has 2 amide bonds. The molecule has 0 radical (unpaired) electrons. The molecular formula is C26H31N3O2S. The standard InChI is InChI=1S/C26H31N3O2S/c1-20-9-7-15-28(18-20)16-8-14-27-25(30)19-29-22-12-5-6-13-23(22)32-24(26(29)31)17-21-10-3-2-4-11-21/h2-6,10-13,17,20H,7-9,14-16,18-19H2,1H3,(H,27,30)/b24-17-/t20-/m1/s1. The van der Waals surface area contributed by atoms with Crippen molar-refractivity contribution in [1.82, 2.24) is 10.2 Å². The zero-order valence-corrected chi connectivity index (χ0v) is 19.4. The number of amides is 2. The van der Waals surface area contributed by atoms with Crippen molar-refractivity contribution in [2.75, 3.05) is 37.6 Å². The van der Waals surface area contributed by atoms with Crippen molar-refractivity contribution in [3.63, 3.8) is 0 Å². The van der Waals surface area contributed by atoms with Crippen LogP contribution in [-0.2, 0) is 9.59 Å². The van der Waals surface area contributed by atoms with Gasteiger partial charge in [-0.3, -0.25) is 14.5 Å². The first-order valence-electron chi connectivity index (χ1n) is 11.4. The number of anilines is 1. The Hall–Kier alpha value is -2.57. The number of rotatable bonds is 7. The van der Waals surface area contributed by atoms with Gasteiger partial charge in [0.05, 0.1) is 10.6 Å². The van der Waals surface area contributed by atoms with E-state index in [0.29, 0.717) is 11.4 Å². The second kappa shape index (κ2) is 10.8. The number of likely N-dealkylation sites (tertiary alicyclic amines) is 1. The lowest BCUT2D eigenvalue weighted by molar-refractivity contribution is -0.122. The Labute approximate surface area is 194 Å². The molecule has 5 nitrogen and oxygen atoms in total. The van der Waals surface area contributed by atoms with Gasteiger partial charge in [-0.05, 0) is 62.0 Å². The predicted molar refractivity (Wildman–Crippen MR) is 132 cm³/mol. The summed E-state index contributed by atoms with van der Waals surface area (Å²) in [6.45, 7) is 6.29. The Bertz CT molecular complexity index is 976. The summed E-state index contributed by atoms with van der Waals surface area (Å²) < 4.78 is 0. The summed E-state index contributed by atoms with van der Waals surface area (Å²) in [7, 11) is 0. The van der Waals surface area contributed by atoms with Gasteiger partial charge in [-0.15, -0.1) is 0 Å². The van der Waals surface area contributed by atoms with Gasteiger partial charge >= 0.3 is 0 Å². The lowest BCUT2D eigenvalue weighted by Crippen LogP contribution is -2.43. The van der Waals surface area contributed by atoms with E-state index in [-0.39, 0.29) is 18.4 Å². The van der Waals surface area contributed by atoms with Crippen LogP contribution in [0.4, 0.5) is 5.69 Å². The van der Waals surface area contributed by atoms with Gasteiger partial charge in [-0.1, -0.05) is 61.2 Å². The van der Waals surface area contributed by atoms with Gasteiger partial charge < -0.3 is 10.2 Å². The molecule has 2 aliphatic rings. The highest BCUT2D eigenvalue weighted by atomic mass is 32.2. The van der Waals surface area contributed by atoms with Crippen LogP contribution in [0.25, 0.3) is 6.08 Å². The number of carbonyl (C=O) groups is 2. The summed E-state index contributed by atoms with van der Waals surface area (Å²) in [6, 6.07) is 17.6. The molecule has 0 aliphatic carbocycles. The Morgan fingerprint density at radius 3 is 2.75 bits per heavy atom. The Kier molecular flexibility index (Phi) is 7.66. The maximum atomic E-state index is 13.2. The molecule has 2 aromatic carbocycles. The summed E-state index contributed by atoms with van der Waals surface area (Å²) in [4.78, 5) is 31.6. The highest BCUT2D eigenvalue weighted by Crippen LogP contribution is 2.41. The molecule has 0 unspecified atom stereocenters. The molecule has 6 heteroatoms. The van der Waals surface area contributed by atoms with Crippen LogP contribution in [0.15, 0.2) is 64.4 Å². The number of hydrogen-bond donors (Lipinski definition) is 1. The third kappa shape index (κ3) is 5.81. The minimum absolute atomic E-state index is 0.0310. The number of benzene rings is 2. The van der Waals surface area contributed by atoms with E-state index in [1.165, 1.54) is 24.6 Å². The molecule has 0 spiro atoms. The van der Waals surface area contributed by atoms with Gasteiger partial charge in [-0.25, -0.2) is 0 Å². The molecule has 0 saturated carbocycles. The molecule has 2 heterocycles. The molecule has 168 valence electrons. The zero-order valence-electron chi connectivity index (χ0n) is 18.6. The summed E-state index contributed by atoms with van der Waals surface area (Å²) in [5, 5.41) is 3.01. The van der Waals surface area contributed by atoms with E-state index in [9.17, 15) is 9.59 Å². The Morgan fingerprint density at radius 2 is 1.94 bits per heavy atom. The van der Waals surface area contributed by atoms with Crippen molar-refractivity contribution in [2.45, 2.75) is 31.1 Å². The van der Waals surface area contributed by atoms with Crippen molar-refractivity contribution < 1.29 is 9.59 Å². The van der Waals surface area contributed by atoms with Crippen molar-refractivity contribution in [2.24, 2.45) is 5.92 Å². The number of fused-ring (bicyclic) bond motifs is 1. The SMILES string of the molecule is C[C@@H]1CCCN(CCCNC(=O)CN2C(=O)/C(=C/c3ccccc3)Sc3ccccc32)C1. The fourth-order valence-corrected chi connectivity index (χ4v) is 5.40. The normalized spacial score (nSPS) is 20.3. The molecule has 1 saturated heterocycles. The van der Waals surface area contributed by atoms with Crippen LogP contribution in [0.3, 0.4) is 0 Å². The first kappa shape index (κ1) is 22.6. The maximum absolute atomic E-state index is 13.2. The number of hydrogen-bond acceptors (Lipinski definition) is 4. The van der Waals surface area contributed by atoms with Crippen LogP contribution < -0.4 is 10.2 Å².